The second kappa shape index (κ2) is 11.2. The zero-order valence-electron chi connectivity index (χ0n) is 11.9. The quantitative estimate of drug-likeness (QED) is 0.313. The third-order valence-electron chi connectivity index (χ3n) is 2.77. The molecule has 0 bridgehead atoms. The number of benzene rings is 1. The fourth-order valence-corrected chi connectivity index (χ4v) is 1.85. The van der Waals surface area contributed by atoms with Gasteiger partial charge in [-0.15, -0.1) is 24.0 Å². The minimum absolute atomic E-state index is 0. The van der Waals surface area contributed by atoms with E-state index in [2.05, 4.69) is 17.2 Å². The molecular weight excluding hydrogens is 389 g/mol. The predicted octanol–water partition coefficient (Wildman–Crippen LogP) is 3.35. The molecular formula is C14H23ClIN3O. The van der Waals surface area contributed by atoms with Crippen molar-refractivity contribution in [2.75, 3.05) is 20.2 Å². The molecule has 1 atom stereocenters. The van der Waals surface area contributed by atoms with Gasteiger partial charge in [0.2, 0.25) is 0 Å². The Morgan fingerprint density at radius 3 is 2.85 bits per heavy atom. The van der Waals surface area contributed by atoms with Crippen LogP contribution in [-0.4, -0.2) is 26.2 Å². The molecule has 114 valence electrons. The van der Waals surface area contributed by atoms with E-state index in [9.17, 15) is 0 Å². The third-order valence-corrected chi connectivity index (χ3v) is 3.00. The largest absolute Gasteiger partial charge is 0.375 e. The number of halogens is 2. The lowest BCUT2D eigenvalue weighted by Gasteiger charge is -2.14. The highest BCUT2D eigenvalue weighted by Crippen LogP contribution is 2.20. The van der Waals surface area contributed by atoms with Gasteiger partial charge >= 0.3 is 0 Å². The van der Waals surface area contributed by atoms with E-state index in [0.29, 0.717) is 17.5 Å². The van der Waals surface area contributed by atoms with Gasteiger partial charge in [-0.3, -0.25) is 4.99 Å². The first-order valence-corrected chi connectivity index (χ1v) is 6.87. The number of nitrogens with two attached hydrogens (primary N) is 1. The smallest absolute Gasteiger partial charge is 0.188 e. The van der Waals surface area contributed by atoms with Crippen LogP contribution in [0.2, 0.25) is 5.02 Å². The molecule has 1 rings (SSSR count). The number of nitrogens with zero attached hydrogens (tertiary/aromatic N) is 1. The summed E-state index contributed by atoms with van der Waals surface area (Å²) in [7, 11) is 1.65. The molecule has 4 nitrogen and oxygen atoms in total. The number of unbranched alkanes of at least 4 members (excludes halogenated alkanes) is 1. The monoisotopic (exact) mass is 411 g/mol. The van der Waals surface area contributed by atoms with Gasteiger partial charge in [-0.2, -0.15) is 0 Å². The summed E-state index contributed by atoms with van der Waals surface area (Å²) < 4.78 is 5.42. The molecule has 0 heterocycles. The molecule has 0 aliphatic carbocycles. The van der Waals surface area contributed by atoms with Gasteiger partial charge in [0.1, 0.15) is 6.10 Å². The molecule has 1 aromatic rings. The highest BCUT2D eigenvalue weighted by Gasteiger charge is 2.10. The van der Waals surface area contributed by atoms with Gasteiger partial charge in [-0.1, -0.05) is 37.1 Å². The molecule has 0 aliphatic heterocycles. The Kier molecular flexibility index (Phi) is 10.9. The number of nitrogens with one attached hydrogen (secondary N) is 1. The minimum atomic E-state index is -0.134. The van der Waals surface area contributed by atoms with Gasteiger partial charge in [0.15, 0.2) is 5.96 Å². The summed E-state index contributed by atoms with van der Waals surface area (Å²) in [5, 5.41) is 3.76. The van der Waals surface area contributed by atoms with Gasteiger partial charge in [0.25, 0.3) is 0 Å². The Morgan fingerprint density at radius 1 is 1.50 bits per heavy atom. The van der Waals surface area contributed by atoms with E-state index >= 15 is 0 Å². The Bertz CT molecular complexity index is 415. The SMILES string of the molecule is CCCCNC(N)=NCC(OC)c1cccc(Cl)c1.I. The Hall–Kier alpha value is -0.530. The summed E-state index contributed by atoms with van der Waals surface area (Å²) in [6.45, 7) is 3.46. The molecule has 0 saturated heterocycles. The molecule has 0 spiro atoms. The molecule has 1 aromatic carbocycles. The lowest BCUT2D eigenvalue weighted by molar-refractivity contribution is 0.111. The molecule has 6 heteroatoms. The van der Waals surface area contributed by atoms with Crippen molar-refractivity contribution in [3.8, 4) is 0 Å². The number of aliphatic imine (C=N–C) groups is 1. The van der Waals surface area contributed by atoms with Gasteiger partial charge in [-0.25, -0.2) is 0 Å². The molecule has 0 saturated carbocycles. The summed E-state index contributed by atoms with van der Waals surface area (Å²) in [5.74, 6) is 0.456. The van der Waals surface area contributed by atoms with Gasteiger partial charge in [0, 0.05) is 18.7 Å². The second-order valence-corrected chi connectivity index (χ2v) is 4.72. The first-order valence-electron chi connectivity index (χ1n) is 6.49. The van der Waals surface area contributed by atoms with Gasteiger partial charge < -0.3 is 15.8 Å². The molecule has 0 aliphatic rings. The van der Waals surface area contributed by atoms with Gasteiger partial charge in [-0.05, 0) is 24.1 Å². The lowest BCUT2D eigenvalue weighted by Crippen LogP contribution is -2.32. The summed E-state index contributed by atoms with van der Waals surface area (Å²) in [6, 6.07) is 7.58. The van der Waals surface area contributed by atoms with Crippen molar-refractivity contribution in [2.24, 2.45) is 10.7 Å². The van der Waals surface area contributed by atoms with Crippen LogP contribution in [0.5, 0.6) is 0 Å². The van der Waals surface area contributed by atoms with Crippen LogP contribution in [0.15, 0.2) is 29.3 Å². The second-order valence-electron chi connectivity index (χ2n) is 4.29. The highest BCUT2D eigenvalue weighted by molar-refractivity contribution is 14.0. The normalized spacial score (nSPS) is 12.7. The topological polar surface area (TPSA) is 59.6 Å². The Balaban J connectivity index is 0.00000361. The van der Waals surface area contributed by atoms with Crippen LogP contribution in [0.4, 0.5) is 0 Å². The van der Waals surface area contributed by atoms with E-state index in [1.54, 1.807) is 7.11 Å². The Labute approximate surface area is 143 Å². The Morgan fingerprint density at radius 2 is 2.25 bits per heavy atom. The van der Waals surface area contributed by atoms with Crippen LogP contribution >= 0.6 is 35.6 Å². The fourth-order valence-electron chi connectivity index (χ4n) is 1.65. The van der Waals surface area contributed by atoms with Crippen LogP contribution in [0.1, 0.15) is 31.4 Å². The third kappa shape index (κ3) is 7.31. The number of guanidine groups is 1. The molecule has 0 fully saturated rings. The summed E-state index contributed by atoms with van der Waals surface area (Å²) in [5.41, 5.74) is 6.78. The van der Waals surface area contributed by atoms with E-state index in [1.165, 1.54) is 0 Å². The maximum Gasteiger partial charge on any atom is 0.188 e. The molecule has 3 N–H and O–H groups in total. The molecule has 0 amide bonds. The van der Waals surface area contributed by atoms with Crippen LogP contribution in [0.3, 0.4) is 0 Å². The standard InChI is InChI=1S/C14H22ClN3O.HI/c1-3-4-8-17-14(16)18-10-13(19-2)11-6-5-7-12(15)9-11;/h5-7,9,13H,3-4,8,10H2,1-2H3,(H3,16,17,18);1H. The van der Waals surface area contributed by atoms with E-state index in [0.717, 1.165) is 24.9 Å². The van der Waals surface area contributed by atoms with Crippen molar-refractivity contribution in [1.82, 2.24) is 5.32 Å². The zero-order chi connectivity index (χ0) is 14.1. The van der Waals surface area contributed by atoms with E-state index in [-0.39, 0.29) is 30.1 Å². The molecule has 0 aromatic heterocycles. The summed E-state index contributed by atoms with van der Waals surface area (Å²) in [6.07, 6.45) is 2.08. The van der Waals surface area contributed by atoms with Crippen molar-refractivity contribution >= 4 is 41.5 Å². The number of methoxy groups -OCH3 is 1. The first-order chi connectivity index (χ1) is 9.17. The number of ether oxygens (including phenoxy) is 1. The van der Waals surface area contributed by atoms with Crippen LogP contribution < -0.4 is 11.1 Å². The van der Waals surface area contributed by atoms with Crippen molar-refractivity contribution in [3.63, 3.8) is 0 Å². The maximum absolute atomic E-state index is 5.96. The van der Waals surface area contributed by atoms with E-state index in [4.69, 9.17) is 22.1 Å². The zero-order valence-corrected chi connectivity index (χ0v) is 15.0. The molecule has 1 unspecified atom stereocenters. The average molecular weight is 412 g/mol. The summed E-state index contributed by atoms with van der Waals surface area (Å²) >= 11 is 5.96. The van der Waals surface area contributed by atoms with E-state index < -0.39 is 0 Å². The van der Waals surface area contributed by atoms with Gasteiger partial charge in [0.05, 0.1) is 6.54 Å². The molecule has 0 radical (unpaired) electrons. The minimum Gasteiger partial charge on any atom is -0.375 e. The fraction of sp³-hybridized carbons (Fsp3) is 0.500. The van der Waals surface area contributed by atoms with Crippen LogP contribution in [-0.2, 0) is 4.74 Å². The van der Waals surface area contributed by atoms with Crippen molar-refractivity contribution in [1.29, 1.82) is 0 Å². The highest BCUT2D eigenvalue weighted by atomic mass is 127. The van der Waals surface area contributed by atoms with Crippen molar-refractivity contribution in [3.05, 3.63) is 34.9 Å². The number of rotatable bonds is 7. The van der Waals surface area contributed by atoms with Crippen molar-refractivity contribution in [2.45, 2.75) is 25.9 Å². The first kappa shape index (κ1) is 19.5. The average Bonchev–Trinajstić information content (AvgIpc) is 2.40. The molecule has 20 heavy (non-hydrogen) atoms. The summed E-state index contributed by atoms with van der Waals surface area (Å²) in [4.78, 5) is 4.29. The number of hydrogen-bond acceptors (Lipinski definition) is 2. The van der Waals surface area contributed by atoms with Crippen molar-refractivity contribution < 1.29 is 4.74 Å². The van der Waals surface area contributed by atoms with Crippen LogP contribution in [0.25, 0.3) is 0 Å². The van der Waals surface area contributed by atoms with Crippen LogP contribution in [0, 0.1) is 0 Å². The maximum atomic E-state index is 5.96. The lowest BCUT2D eigenvalue weighted by atomic mass is 10.1. The van der Waals surface area contributed by atoms with E-state index in [1.807, 2.05) is 24.3 Å². The number of hydrogen-bond donors (Lipinski definition) is 2. The predicted molar refractivity (Wildman–Crippen MR) is 96.0 cm³/mol.